The van der Waals surface area contributed by atoms with E-state index in [1.807, 2.05) is 19.9 Å². The van der Waals surface area contributed by atoms with Crippen molar-refractivity contribution in [3.05, 3.63) is 17.8 Å². The van der Waals surface area contributed by atoms with Gasteiger partial charge in [0.2, 0.25) is 5.88 Å². The van der Waals surface area contributed by atoms with Crippen molar-refractivity contribution in [3.8, 4) is 5.88 Å². The second-order valence-electron chi connectivity index (χ2n) is 2.70. The molecule has 0 saturated heterocycles. The molecule has 1 rings (SSSR count). The van der Waals surface area contributed by atoms with E-state index in [2.05, 4.69) is 4.98 Å². The van der Waals surface area contributed by atoms with Crippen LogP contribution in [-0.2, 0) is 0 Å². The Bertz CT molecular complexity index is 261. The fraction of sp³-hybridized carbons (Fsp3) is 0.444. The Kier molecular flexibility index (Phi) is 2.91. The molecule has 0 fully saturated rings. The van der Waals surface area contributed by atoms with Crippen LogP contribution in [0.1, 0.15) is 18.9 Å². The van der Waals surface area contributed by atoms with Gasteiger partial charge in [-0.05, 0) is 25.0 Å². The summed E-state index contributed by atoms with van der Waals surface area (Å²) in [5.74, 6) is 0.553. The van der Waals surface area contributed by atoms with E-state index in [0.717, 1.165) is 12.0 Å². The first-order chi connectivity index (χ1) is 5.75. The molecule has 3 nitrogen and oxygen atoms in total. The summed E-state index contributed by atoms with van der Waals surface area (Å²) in [6.45, 7) is 4.66. The van der Waals surface area contributed by atoms with Gasteiger partial charge in [0.25, 0.3) is 0 Å². The average molecular weight is 166 g/mol. The molecule has 0 spiro atoms. The van der Waals surface area contributed by atoms with Crippen molar-refractivity contribution in [2.45, 2.75) is 20.3 Å². The smallest absolute Gasteiger partial charge is 0.237 e. The molecule has 0 unspecified atom stereocenters. The number of hydrogen-bond acceptors (Lipinski definition) is 3. The number of rotatable bonds is 3. The Morgan fingerprint density at radius 2 is 2.33 bits per heavy atom. The van der Waals surface area contributed by atoms with Crippen molar-refractivity contribution in [3.63, 3.8) is 0 Å². The van der Waals surface area contributed by atoms with Crippen LogP contribution in [0.3, 0.4) is 0 Å². The van der Waals surface area contributed by atoms with Crippen molar-refractivity contribution >= 4 is 5.69 Å². The summed E-state index contributed by atoms with van der Waals surface area (Å²) in [5, 5.41) is 0. The van der Waals surface area contributed by atoms with Crippen molar-refractivity contribution < 1.29 is 4.74 Å². The molecule has 1 aromatic rings. The van der Waals surface area contributed by atoms with Gasteiger partial charge in [-0.25, -0.2) is 4.98 Å². The molecule has 0 aliphatic heterocycles. The Morgan fingerprint density at radius 1 is 1.58 bits per heavy atom. The number of anilines is 1. The van der Waals surface area contributed by atoms with Crippen LogP contribution in [0, 0.1) is 6.92 Å². The summed E-state index contributed by atoms with van der Waals surface area (Å²) in [6, 6.07) is 1.87. The number of nitrogen functional groups attached to an aromatic ring is 1. The number of hydrogen-bond donors (Lipinski definition) is 1. The zero-order valence-electron chi connectivity index (χ0n) is 7.50. The number of pyridine rings is 1. The van der Waals surface area contributed by atoms with Gasteiger partial charge in [0.05, 0.1) is 12.3 Å². The SMILES string of the molecule is CCCOc1nccc(C)c1N. The molecule has 0 aromatic carbocycles. The summed E-state index contributed by atoms with van der Waals surface area (Å²) in [5.41, 5.74) is 7.39. The third-order valence-corrected chi connectivity index (χ3v) is 1.61. The molecule has 0 aliphatic rings. The van der Waals surface area contributed by atoms with Crippen molar-refractivity contribution in [2.75, 3.05) is 12.3 Å². The van der Waals surface area contributed by atoms with Gasteiger partial charge < -0.3 is 10.5 Å². The highest BCUT2D eigenvalue weighted by Crippen LogP contribution is 2.20. The summed E-state index contributed by atoms with van der Waals surface area (Å²) >= 11 is 0. The summed E-state index contributed by atoms with van der Waals surface area (Å²) in [6.07, 6.45) is 2.67. The maximum Gasteiger partial charge on any atom is 0.237 e. The monoisotopic (exact) mass is 166 g/mol. The molecule has 0 atom stereocenters. The first kappa shape index (κ1) is 8.84. The average Bonchev–Trinajstić information content (AvgIpc) is 2.08. The van der Waals surface area contributed by atoms with E-state index in [-0.39, 0.29) is 0 Å². The molecule has 0 saturated carbocycles. The van der Waals surface area contributed by atoms with E-state index in [1.54, 1.807) is 6.20 Å². The maximum absolute atomic E-state index is 5.74. The van der Waals surface area contributed by atoms with Crippen molar-refractivity contribution in [2.24, 2.45) is 0 Å². The molecule has 1 aromatic heterocycles. The predicted octanol–water partition coefficient (Wildman–Crippen LogP) is 1.76. The second kappa shape index (κ2) is 3.95. The van der Waals surface area contributed by atoms with Crippen LogP contribution in [0.5, 0.6) is 5.88 Å². The number of nitrogens with zero attached hydrogens (tertiary/aromatic N) is 1. The van der Waals surface area contributed by atoms with E-state index >= 15 is 0 Å². The fourth-order valence-corrected chi connectivity index (χ4v) is 0.859. The van der Waals surface area contributed by atoms with Gasteiger partial charge in [0.15, 0.2) is 0 Å². The standard InChI is InChI=1S/C9H14N2O/c1-3-6-12-9-8(10)7(2)4-5-11-9/h4-5H,3,6,10H2,1-2H3. The molecule has 0 radical (unpaired) electrons. The number of aromatic nitrogens is 1. The third-order valence-electron chi connectivity index (χ3n) is 1.61. The summed E-state index contributed by atoms with van der Waals surface area (Å²) in [7, 11) is 0. The topological polar surface area (TPSA) is 48.1 Å². The maximum atomic E-state index is 5.74. The minimum absolute atomic E-state index is 0.553. The van der Waals surface area contributed by atoms with Gasteiger partial charge in [-0.15, -0.1) is 0 Å². The van der Waals surface area contributed by atoms with Gasteiger partial charge in [-0.1, -0.05) is 6.92 Å². The molecule has 0 aliphatic carbocycles. The van der Waals surface area contributed by atoms with Gasteiger partial charge in [0, 0.05) is 6.20 Å². The molecular weight excluding hydrogens is 152 g/mol. The Labute approximate surface area is 72.6 Å². The van der Waals surface area contributed by atoms with Crippen LogP contribution in [0.15, 0.2) is 12.3 Å². The Balaban J connectivity index is 2.78. The van der Waals surface area contributed by atoms with Crippen LogP contribution in [0.2, 0.25) is 0 Å². The zero-order valence-corrected chi connectivity index (χ0v) is 7.50. The summed E-state index contributed by atoms with van der Waals surface area (Å²) < 4.78 is 5.33. The van der Waals surface area contributed by atoms with Crippen molar-refractivity contribution in [1.29, 1.82) is 0 Å². The van der Waals surface area contributed by atoms with E-state index in [1.165, 1.54) is 0 Å². The van der Waals surface area contributed by atoms with Crippen molar-refractivity contribution in [1.82, 2.24) is 4.98 Å². The van der Waals surface area contributed by atoms with E-state index in [9.17, 15) is 0 Å². The predicted molar refractivity (Wildman–Crippen MR) is 49.2 cm³/mol. The minimum Gasteiger partial charge on any atom is -0.476 e. The highest BCUT2D eigenvalue weighted by molar-refractivity contribution is 5.53. The molecular formula is C9H14N2O. The lowest BCUT2D eigenvalue weighted by molar-refractivity contribution is 0.307. The first-order valence-corrected chi connectivity index (χ1v) is 4.09. The number of aryl methyl sites for hydroxylation is 1. The quantitative estimate of drug-likeness (QED) is 0.744. The third kappa shape index (κ3) is 1.87. The van der Waals surface area contributed by atoms with E-state index in [0.29, 0.717) is 18.2 Å². The molecule has 0 amide bonds. The van der Waals surface area contributed by atoms with E-state index in [4.69, 9.17) is 10.5 Å². The zero-order chi connectivity index (χ0) is 8.97. The van der Waals surface area contributed by atoms with Gasteiger partial charge in [0.1, 0.15) is 0 Å². The number of nitrogens with two attached hydrogens (primary N) is 1. The highest BCUT2D eigenvalue weighted by atomic mass is 16.5. The number of ether oxygens (including phenoxy) is 1. The normalized spacial score (nSPS) is 9.83. The molecule has 3 heteroatoms. The van der Waals surface area contributed by atoms with Crippen LogP contribution < -0.4 is 10.5 Å². The molecule has 0 bridgehead atoms. The first-order valence-electron chi connectivity index (χ1n) is 4.09. The van der Waals surface area contributed by atoms with Crippen LogP contribution >= 0.6 is 0 Å². The Morgan fingerprint density at radius 3 is 3.00 bits per heavy atom. The highest BCUT2D eigenvalue weighted by Gasteiger charge is 2.02. The molecule has 1 heterocycles. The summed E-state index contributed by atoms with van der Waals surface area (Å²) in [4.78, 5) is 4.03. The Hall–Kier alpha value is -1.25. The van der Waals surface area contributed by atoms with E-state index < -0.39 is 0 Å². The minimum atomic E-state index is 0.553. The fourth-order valence-electron chi connectivity index (χ4n) is 0.859. The molecule has 2 N–H and O–H groups in total. The molecule has 66 valence electrons. The van der Waals surface area contributed by atoms with Crippen LogP contribution in [-0.4, -0.2) is 11.6 Å². The van der Waals surface area contributed by atoms with Gasteiger partial charge in [-0.2, -0.15) is 0 Å². The second-order valence-corrected chi connectivity index (χ2v) is 2.70. The van der Waals surface area contributed by atoms with Crippen LogP contribution in [0.25, 0.3) is 0 Å². The van der Waals surface area contributed by atoms with Gasteiger partial charge in [-0.3, -0.25) is 0 Å². The van der Waals surface area contributed by atoms with Crippen LogP contribution in [0.4, 0.5) is 5.69 Å². The largest absolute Gasteiger partial charge is 0.476 e. The molecule has 12 heavy (non-hydrogen) atoms. The lowest BCUT2D eigenvalue weighted by atomic mass is 10.2. The van der Waals surface area contributed by atoms with Gasteiger partial charge >= 0.3 is 0 Å². The lowest BCUT2D eigenvalue weighted by Crippen LogP contribution is -2.02. The lowest BCUT2D eigenvalue weighted by Gasteiger charge is -2.07.